The van der Waals surface area contributed by atoms with Crippen LogP contribution in [-0.4, -0.2) is 17.2 Å². The number of hydrogen-bond acceptors (Lipinski definition) is 2. The summed E-state index contributed by atoms with van der Waals surface area (Å²) in [5.41, 5.74) is 0. The van der Waals surface area contributed by atoms with Crippen molar-refractivity contribution < 1.29 is 36.6 Å². The van der Waals surface area contributed by atoms with Crippen molar-refractivity contribution >= 4 is 5.97 Å². The van der Waals surface area contributed by atoms with Crippen molar-refractivity contribution in [3.8, 4) is 5.75 Å². The van der Waals surface area contributed by atoms with Crippen LogP contribution in [0.2, 0.25) is 0 Å². The van der Waals surface area contributed by atoms with Crippen LogP contribution in [-0.2, 0) is 4.79 Å². The molecule has 1 unspecified atom stereocenters. The van der Waals surface area contributed by atoms with Crippen molar-refractivity contribution in [2.24, 2.45) is 5.92 Å². The first-order valence-corrected chi connectivity index (χ1v) is 5.25. The molecule has 3 nitrogen and oxygen atoms in total. The maximum absolute atomic E-state index is 13.3. The van der Waals surface area contributed by atoms with Gasteiger partial charge in [-0.1, -0.05) is 0 Å². The molecule has 0 saturated heterocycles. The van der Waals surface area contributed by atoms with Gasteiger partial charge in [-0.25, -0.2) is 18.0 Å². The Morgan fingerprint density at radius 1 is 1.00 bits per heavy atom. The summed E-state index contributed by atoms with van der Waals surface area (Å²) in [7, 11) is 0. The minimum atomic E-state index is -2.32. The summed E-state index contributed by atoms with van der Waals surface area (Å²) in [5.74, 6) is -14.6. The molecule has 1 aliphatic carbocycles. The van der Waals surface area contributed by atoms with Crippen molar-refractivity contribution in [1.29, 1.82) is 0 Å². The molecule has 8 heteroatoms. The molecule has 0 heterocycles. The van der Waals surface area contributed by atoms with Gasteiger partial charge in [-0.05, 0) is 12.8 Å². The lowest BCUT2D eigenvalue weighted by Gasteiger charge is -2.16. The molecule has 1 aliphatic rings. The van der Waals surface area contributed by atoms with E-state index in [0.717, 1.165) is 0 Å². The predicted molar refractivity (Wildman–Crippen MR) is 51.0 cm³/mol. The Labute approximate surface area is 103 Å². The lowest BCUT2D eigenvalue weighted by molar-refractivity contribution is -0.146. The molecule has 0 aliphatic heterocycles. The van der Waals surface area contributed by atoms with E-state index in [1.165, 1.54) is 0 Å². The highest BCUT2D eigenvalue weighted by Gasteiger charge is 2.40. The summed E-state index contributed by atoms with van der Waals surface area (Å²) in [6, 6.07) is 0. The Morgan fingerprint density at radius 3 is 1.79 bits per heavy atom. The van der Waals surface area contributed by atoms with Crippen LogP contribution in [0.25, 0.3) is 0 Å². The first-order chi connectivity index (χ1) is 8.84. The highest BCUT2D eigenvalue weighted by molar-refractivity contribution is 5.73. The third-order valence-electron chi connectivity index (χ3n) is 2.71. The van der Waals surface area contributed by atoms with E-state index in [1.54, 1.807) is 0 Å². The number of aliphatic carboxylic acids is 1. The Morgan fingerprint density at radius 2 is 1.42 bits per heavy atom. The highest BCUT2D eigenvalue weighted by Crippen LogP contribution is 2.37. The highest BCUT2D eigenvalue weighted by atomic mass is 19.2. The summed E-state index contributed by atoms with van der Waals surface area (Å²) >= 11 is 0. The molecule has 0 radical (unpaired) electrons. The molecule has 0 aromatic heterocycles. The third-order valence-corrected chi connectivity index (χ3v) is 2.71. The van der Waals surface area contributed by atoms with E-state index in [2.05, 4.69) is 4.74 Å². The normalized spacial score (nSPS) is 16.3. The second kappa shape index (κ2) is 4.67. The first-order valence-electron chi connectivity index (χ1n) is 5.25. The van der Waals surface area contributed by atoms with Crippen LogP contribution < -0.4 is 4.74 Å². The Kier molecular flexibility index (Phi) is 3.34. The number of carboxylic acid groups (broad SMARTS) is 1. The summed E-state index contributed by atoms with van der Waals surface area (Å²) < 4.78 is 69.6. The van der Waals surface area contributed by atoms with Crippen molar-refractivity contribution in [3.63, 3.8) is 0 Å². The van der Waals surface area contributed by atoms with Crippen molar-refractivity contribution in [3.05, 3.63) is 29.1 Å². The van der Waals surface area contributed by atoms with Gasteiger partial charge in [-0.2, -0.15) is 8.78 Å². The van der Waals surface area contributed by atoms with E-state index in [0.29, 0.717) is 12.8 Å². The standard InChI is InChI=1S/C11H7F5O3/c12-4-5(13)7(15)10(8(16)6(4)14)19-9(11(17)18)3-1-2-3/h3,9H,1-2H2,(H,17,18). The molecular weight excluding hydrogens is 275 g/mol. The molecule has 1 aromatic rings. The van der Waals surface area contributed by atoms with Gasteiger partial charge < -0.3 is 9.84 Å². The SMILES string of the molecule is O=C(O)C(Oc1c(F)c(F)c(F)c(F)c1F)C1CC1. The van der Waals surface area contributed by atoms with E-state index in [4.69, 9.17) is 5.11 Å². The van der Waals surface area contributed by atoms with Gasteiger partial charge in [0.05, 0.1) is 0 Å². The molecule has 1 saturated carbocycles. The van der Waals surface area contributed by atoms with Gasteiger partial charge in [0, 0.05) is 5.92 Å². The number of rotatable bonds is 4. The van der Waals surface area contributed by atoms with E-state index in [1.807, 2.05) is 0 Å². The fraction of sp³-hybridized carbons (Fsp3) is 0.364. The van der Waals surface area contributed by atoms with Gasteiger partial charge in [0.2, 0.25) is 29.1 Å². The molecule has 0 bridgehead atoms. The van der Waals surface area contributed by atoms with Crippen molar-refractivity contribution in [2.75, 3.05) is 0 Å². The van der Waals surface area contributed by atoms with Gasteiger partial charge >= 0.3 is 5.97 Å². The monoisotopic (exact) mass is 282 g/mol. The smallest absolute Gasteiger partial charge is 0.345 e. The van der Waals surface area contributed by atoms with Crippen LogP contribution in [0.1, 0.15) is 12.8 Å². The quantitative estimate of drug-likeness (QED) is 0.524. The fourth-order valence-corrected chi connectivity index (χ4v) is 1.56. The van der Waals surface area contributed by atoms with Crippen molar-refractivity contribution in [2.45, 2.75) is 18.9 Å². The third kappa shape index (κ3) is 2.34. The zero-order valence-electron chi connectivity index (χ0n) is 9.22. The number of halogens is 5. The maximum Gasteiger partial charge on any atom is 0.345 e. The van der Waals surface area contributed by atoms with Gasteiger partial charge in [0.25, 0.3) is 0 Å². The lowest BCUT2D eigenvalue weighted by atomic mass is 10.2. The number of hydrogen-bond donors (Lipinski definition) is 1. The average Bonchev–Trinajstić information content (AvgIpc) is 3.18. The largest absolute Gasteiger partial charge is 0.478 e. The molecule has 1 N–H and O–H groups in total. The molecular formula is C11H7F5O3. The van der Waals surface area contributed by atoms with Crippen LogP contribution in [0, 0.1) is 35.0 Å². The minimum absolute atomic E-state index is 0.451. The van der Waals surface area contributed by atoms with Crippen LogP contribution in [0.15, 0.2) is 0 Å². The molecule has 104 valence electrons. The lowest BCUT2D eigenvalue weighted by Crippen LogP contribution is -2.30. The van der Waals surface area contributed by atoms with Crippen LogP contribution in [0.4, 0.5) is 22.0 Å². The van der Waals surface area contributed by atoms with Crippen molar-refractivity contribution in [1.82, 2.24) is 0 Å². The van der Waals surface area contributed by atoms with Crippen LogP contribution in [0.3, 0.4) is 0 Å². The average molecular weight is 282 g/mol. The molecule has 1 atom stereocenters. The number of benzene rings is 1. The van der Waals surface area contributed by atoms with Gasteiger partial charge in [0.1, 0.15) is 0 Å². The summed E-state index contributed by atoms with van der Waals surface area (Å²) in [5, 5.41) is 8.79. The van der Waals surface area contributed by atoms with E-state index in [9.17, 15) is 26.7 Å². The Hall–Kier alpha value is -1.86. The first kappa shape index (κ1) is 13.6. The van der Waals surface area contributed by atoms with Gasteiger partial charge in [-0.15, -0.1) is 0 Å². The molecule has 0 spiro atoms. The summed E-state index contributed by atoms with van der Waals surface area (Å²) in [4.78, 5) is 10.8. The number of carbonyl (C=O) groups is 1. The van der Waals surface area contributed by atoms with Crippen LogP contribution in [0.5, 0.6) is 5.75 Å². The molecule has 19 heavy (non-hydrogen) atoms. The zero-order chi connectivity index (χ0) is 14.3. The number of carboxylic acids is 1. The maximum atomic E-state index is 13.3. The van der Waals surface area contributed by atoms with Gasteiger partial charge in [0.15, 0.2) is 11.9 Å². The fourth-order valence-electron chi connectivity index (χ4n) is 1.56. The number of ether oxygens (including phenoxy) is 1. The summed E-state index contributed by atoms with van der Waals surface area (Å²) in [6.07, 6.45) is -0.730. The molecule has 1 aromatic carbocycles. The topological polar surface area (TPSA) is 46.5 Å². The Balaban J connectivity index is 2.42. The second-order valence-electron chi connectivity index (χ2n) is 4.11. The van der Waals surface area contributed by atoms with E-state index in [-0.39, 0.29) is 0 Å². The zero-order valence-corrected chi connectivity index (χ0v) is 9.22. The minimum Gasteiger partial charge on any atom is -0.478 e. The van der Waals surface area contributed by atoms with E-state index < -0.39 is 52.8 Å². The molecule has 1 fully saturated rings. The van der Waals surface area contributed by atoms with E-state index >= 15 is 0 Å². The second-order valence-corrected chi connectivity index (χ2v) is 4.11. The molecule has 2 rings (SSSR count). The van der Waals surface area contributed by atoms with Gasteiger partial charge in [-0.3, -0.25) is 0 Å². The van der Waals surface area contributed by atoms with Crippen LogP contribution >= 0.6 is 0 Å². The summed E-state index contributed by atoms with van der Waals surface area (Å²) in [6.45, 7) is 0. The predicted octanol–water partition coefficient (Wildman–Crippen LogP) is 2.62. The molecule has 0 amide bonds. The Bertz CT molecular complexity index is 513.